The third-order valence-corrected chi connectivity index (χ3v) is 17.1. The van der Waals surface area contributed by atoms with Crippen LogP contribution in [0.15, 0.2) is 85.1 Å². The zero-order chi connectivity index (χ0) is 66.1. The van der Waals surface area contributed by atoms with Crippen molar-refractivity contribution in [2.24, 2.45) is 0 Å². The summed E-state index contributed by atoms with van der Waals surface area (Å²) < 4.78 is 22.9. The van der Waals surface area contributed by atoms with Gasteiger partial charge >= 0.3 is 11.9 Å². The van der Waals surface area contributed by atoms with Gasteiger partial charge < -0.3 is 33.3 Å². The van der Waals surface area contributed by atoms with Gasteiger partial charge in [0.15, 0.2) is 12.4 Å². The Kier molecular flexibility index (Phi) is 69.5. The highest BCUT2D eigenvalue weighted by Crippen LogP contribution is 2.19. The molecule has 0 heterocycles. The molecule has 0 amide bonds. The van der Waals surface area contributed by atoms with Gasteiger partial charge in [-0.25, -0.2) is 0 Å². The molecule has 0 rings (SSSR count). The number of unbranched alkanes of at least 4 members (excludes halogenated alkanes) is 43. The number of rotatable bonds is 72. The van der Waals surface area contributed by atoms with Crippen molar-refractivity contribution in [2.75, 3.05) is 47.5 Å². The number of nitrogens with zero attached hydrogens (tertiary/aromatic N) is 1. The van der Waals surface area contributed by atoms with E-state index in [2.05, 4.69) is 98.9 Å². The molecular weight excluding hydrogens is 1130 g/mol. The number of quaternary nitrogens is 1. The van der Waals surface area contributed by atoms with Gasteiger partial charge in [-0.15, -0.1) is 0 Å². The van der Waals surface area contributed by atoms with Crippen molar-refractivity contribution >= 4 is 17.9 Å². The van der Waals surface area contributed by atoms with Gasteiger partial charge in [0.1, 0.15) is 13.2 Å². The normalized spacial score (nSPS) is 13.1. The molecule has 0 saturated heterocycles. The zero-order valence-electron chi connectivity index (χ0n) is 60.5. The van der Waals surface area contributed by atoms with Crippen molar-refractivity contribution in [1.82, 2.24) is 0 Å². The second kappa shape index (κ2) is 72.3. The van der Waals surface area contributed by atoms with E-state index < -0.39 is 24.3 Å². The molecule has 528 valence electrons. The van der Waals surface area contributed by atoms with Crippen molar-refractivity contribution in [1.29, 1.82) is 0 Å². The summed E-state index contributed by atoms with van der Waals surface area (Å²) in [5.41, 5.74) is 0. The van der Waals surface area contributed by atoms with Crippen LogP contribution in [0.1, 0.15) is 361 Å². The summed E-state index contributed by atoms with van der Waals surface area (Å²) in [6, 6.07) is 0. The Balaban J connectivity index is 4.00. The lowest BCUT2D eigenvalue weighted by Crippen LogP contribution is -2.44. The molecule has 0 aromatic rings. The van der Waals surface area contributed by atoms with Crippen LogP contribution >= 0.6 is 0 Å². The van der Waals surface area contributed by atoms with Crippen molar-refractivity contribution < 1.29 is 42.9 Å². The highest BCUT2D eigenvalue weighted by Gasteiger charge is 2.22. The van der Waals surface area contributed by atoms with E-state index in [9.17, 15) is 19.5 Å². The van der Waals surface area contributed by atoms with Crippen molar-refractivity contribution in [2.45, 2.75) is 373 Å². The first-order valence-corrected chi connectivity index (χ1v) is 38.7. The maximum absolute atomic E-state index is 13.0. The monoisotopic (exact) mass is 1270 g/mol. The molecule has 0 aliphatic carbocycles. The van der Waals surface area contributed by atoms with Crippen LogP contribution in [0.2, 0.25) is 0 Å². The van der Waals surface area contributed by atoms with Crippen LogP contribution in [0.3, 0.4) is 0 Å². The Labute approximate surface area is 563 Å². The van der Waals surface area contributed by atoms with Crippen molar-refractivity contribution in [3.63, 3.8) is 0 Å². The number of ether oxygens (including phenoxy) is 4. The number of carbonyl (C=O) groups excluding carboxylic acids is 3. The molecule has 2 unspecified atom stereocenters. The number of likely N-dealkylation sites (N-methyl/N-ethyl adjacent to an activating group) is 1. The molecule has 0 saturated carbocycles. The van der Waals surface area contributed by atoms with Gasteiger partial charge in [0.2, 0.25) is 0 Å². The van der Waals surface area contributed by atoms with E-state index >= 15 is 0 Å². The molecule has 91 heavy (non-hydrogen) atoms. The van der Waals surface area contributed by atoms with Crippen LogP contribution in [0.5, 0.6) is 0 Å². The van der Waals surface area contributed by atoms with Crippen LogP contribution in [0, 0.1) is 0 Å². The van der Waals surface area contributed by atoms with Crippen LogP contribution in [0.25, 0.3) is 0 Å². The van der Waals surface area contributed by atoms with Crippen molar-refractivity contribution in [3.05, 3.63) is 85.1 Å². The first kappa shape index (κ1) is 87.5. The molecule has 0 aromatic carbocycles. The minimum Gasteiger partial charge on any atom is -0.545 e. The lowest BCUT2D eigenvalue weighted by Gasteiger charge is -2.26. The van der Waals surface area contributed by atoms with Gasteiger partial charge in [-0.05, 0) is 89.9 Å². The van der Waals surface area contributed by atoms with Gasteiger partial charge in [0.25, 0.3) is 0 Å². The Bertz CT molecular complexity index is 1770. The van der Waals surface area contributed by atoms with Crippen LogP contribution < -0.4 is 5.11 Å². The summed E-state index contributed by atoms with van der Waals surface area (Å²) in [5, 5.41) is 11.8. The number of allylic oxidation sites excluding steroid dienone is 14. The Morgan fingerprint density at radius 1 is 0.341 bits per heavy atom. The molecule has 0 fully saturated rings. The lowest BCUT2D eigenvalue weighted by molar-refractivity contribution is -0.870. The lowest BCUT2D eigenvalue weighted by atomic mass is 10.0. The standard InChI is InChI=1S/C82H147NO8/c1-6-8-10-12-14-16-18-20-22-24-26-28-30-32-34-36-37-38-39-40-41-42-43-45-46-48-50-52-54-56-58-60-62-64-66-68-70-72-79(84)89-76-78(77-90-82(81(86)87)88-75-74-83(3,4)5)91-80(85)73-71-69-67-65-63-61-59-57-55-53-51-49-47-44-35-33-31-29-27-25-23-21-19-17-15-13-11-9-7-2/h9,11,15,17-18,20-21,23-24,26-27,29,33,35,78,82H,6-8,10,12-14,16,19,22,25,28,30-32,34,36-77H2,1-5H3/b11-9-,17-15-,20-18-,23-21-,26-24-,29-27-,35-33-. The second-order valence-electron chi connectivity index (χ2n) is 27.3. The maximum atomic E-state index is 13.0. The molecule has 0 bridgehead atoms. The molecule has 0 N–H and O–H groups in total. The molecule has 0 aromatic heterocycles. The fourth-order valence-corrected chi connectivity index (χ4v) is 11.2. The average Bonchev–Trinajstić information content (AvgIpc) is 3.66. The quantitative estimate of drug-likeness (QED) is 0.0195. The first-order valence-electron chi connectivity index (χ1n) is 38.7. The number of esters is 2. The van der Waals surface area contributed by atoms with E-state index in [1.165, 1.54) is 250 Å². The minimum absolute atomic E-state index is 0.147. The zero-order valence-corrected chi connectivity index (χ0v) is 60.5. The van der Waals surface area contributed by atoms with Gasteiger partial charge in [-0.2, -0.15) is 0 Å². The number of carboxylic acid groups (broad SMARTS) is 1. The Morgan fingerprint density at radius 2 is 0.626 bits per heavy atom. The van der Waals surface area contributed by atoms with E-state index in [1.807, 2.05) is 21.1 Å². The topological polar surface area (TPSA) is 111 Å². The predicted molar refractivity (Wildman–Crippen MR) is 389 cm³/mol. The average molecular weight is 1280 g/mol. The number of carbonyl (C=O) groups is 3. The van der Waals surface area contributed by atoms with Crippen molar-refractivity contribution in [3.8, 4) is 0 Å². The Morgan fingerprint density at radius 3 is 0.934 bits per heavy atom. The van der Waals surface area contributed by atoms with E-state index in [0.29, 0.717) is 23.9 Å². The molecule has 0 radical (unpaired) electrons. The highest BCUT2D eigenvalue weighted by molar-refractivity contribution is 5.70. The summed E-state index contributed by atoms with van der Waals surface area (Å²) >= 11 is 0. The molecule has 9 nitrogen and oxygen atoms in total. The number of hydrogen-bond acceptors (Lipinski definition) is 8. The van der Waals surface area contributed by atoms with Gasteiger partial charge in [-0.1, -0.05) is 343 Å². The van der Waals surface area contributed by atoms with E-state index in [-0.39, 0.29) is 32.2 Å². The summed E-state index contributed by atoms with van der Waals surface area (Å²) in [6.45, 7) is 4.67. The highest BCUT2D eigenvalue weighted by atomic mass is 16.7. The fraction of sp³-hybridized carbons (Fsp3) is 0.793. The maximum Gasteiger partial charge on any atom is 0.306 e. The third kappa shape index (κ3) is 73.7. The molecular formula is C82H147NO8. The molecule has 2 atom stereocenters. The summed E-state index contributed by atoms with van der Waals surface area (Å²) in [4.78, 5) is 37.6. The fourth-order valence-electron chi connectivity index (χ4n) is 11.2. The van der Waals surface area contributed by atoms with E-state index in [0.717, 1.165) is 77.0 Å². The second-order valence-corrected chi connectivity index (χ2v) is 27.3. The molecule has 0 spiro atoms. The smallest absolute Gasteiger partial charge is 0.306 e. The number of carboxylic acids is 1. The first-order chi connectivity index (χ1) is 44.6. The SMILES string of the molecule is CC/C=C\C/C=C\C/C=C\C/C=C\C/C=C\CCCCCCCCCCCCCCCC(=O)OC(COC(=O)CCCCCCCCCCCCCCCCCCCCCCCCCCC/C=C\C/C=C\CCCCCCC)COC(OCC[N+](C)(C)C)C(=O)[O-]. The molecule has 9 heteroatoms. The summed E-state index contributed by atoms with van der Waals surface area (Å²) in [7, 11) is 5.94. The van der Waals surface area contributed by atoms with Gasteiger partial charge in [0.05, 0.1) is 40.3 Å². The largest absolute Gasteiger partial charge is 0.545 e. The van der Waals surface area contributed by atoms with Gasteiger partial charge in [-0.3, -0.25) is 9.59 Å². The van der Waals surface area contributed by atoms with Gasteiger partial charge in [0, 0.05) is 12.8 Å². The third-order valence-electron chi connectivity index (χ3n) is 17.1. The molecule has 0 aliphatic heterocycles. The van der Waals surface area contributed by atoms with Crippen LogP contribution in [-0.4, -0.2) is 82.3 Å². The van der Waals surface area contributed by atoms with Crippen LogP contribution in [-0.2, 0) is 33.3 Å². The van der Waals surface area contributed by atoms with E-state index in [1.54, 1.807) is 0 Å². The Hall–Kier alpha value is -3.53. The van der Waals surface area contributed by atoms with E-state index in [4.69, 9.17) is 18.9 Å². The number of aliphatic carboxylic acids is 1. The summed E-state index contributed by atoms with van der Waals surface area (Å²) in [6.07, 6.45) is 95.5. The molecule has 0 aliphatic rings. The minimum atomic E-state index is -1.62. The predicted octanol–water partition coefficient (Wildman–Crippen LogP) is 23.3. The van der Waals surface area contributed by atoms with Crippen LogP contribution in [0.4, 0.5) is 0 Å². The number of hydrogen-bond donors (Lipinski definition) is 0. The summed E-state index contributed by atoms with van der Waals surface area (Å²) in [5.74, 6) is -2.27.